The van der Waals surface area contributed by atoms with Crippen LogP contribution in [0.1, 0.15) is 23.6 Å². The predicted octanol–water partition coefficient (Wildman–Crippen LogP) is 4.17. The molecular weight excluding hydrogens is 316 g/mol. The molecular formula is C17H15ClN2OS. The number of nitrogens with zero attached hydrogens (tertiary/aromatic N) is 2. The smallest absolute Gasteiger partial charge is 0.267 e. The van der Waals surface area contributed by atoms with Gasteiger partial charge in [-0.2, -0.15) is 0 Å². The van der Waals surface area contributed by atoms with Gasteiger partial charge in [0.25, 0.3) is 5.91 Å². The van der Waals surface area contributed by atoms with Crippen LogP contribution in [0.2, 0.25) is 5.02 Å². The van der Waals surface area contributed by atoms with Gasteiger partial charge in [-0.1, -0.05) is 35.5 Å². The average Bonchev–Trinajstić information content (AvgIpc) is 2.79. The summed E-state index contributed by atoms with van der Waals surface area (Å²) < 4.78 is -0.671. The van der Waals surface area contributed by atoms with Gasteiger partial charge < -0.3 is 0 Å². The number of thioether (sulfide) groups is 1. The number of aromatic nitrogens is 1. The van der Waals surface area contributed by atoms with E-state index in [0.717, 1.165) is 21.7 Å². The topological polar surface area (TPSA) is 42.3 Å². The van der Waals surface area contributed by atoms with Crippen molar-refractivity contribution in [3.05, 3.63) is 64.4 Å². The summed E-state index contributed by atoms with van der Waals surface area (Å²) >= 11 is 7.77. The lowest BCUT2D eigenvalue weighted by atomic mass is 10.0. The van der Waals surface area contributed by atoms with E-state index >= 15 is 0 Å². The number of benzene rings is 1. The highest BCUT2D eigenvalue weighted by Gasteiger charge is 2.42. The van der Waals surface area contributed by atoms with Crippen LogP contribution in [0.4, 0.5) is 0 Å². The van der Waals surface area contributed by atoms with Crippen LogP contribution in [0.25, 0.3) is 0 Å². The van der Waals surface area contributed by atoms with Crippen LogP contribution in [-0.4, -0.2) is 15.9 Å². The highest BCUT2D eigenvalue weighted by atomic mass is 35.5. The van der Waals surface area contributed by atoms with Crippen molar-refractivity contribution in [3.8, 4) is 0 Å². The Morgan fingerprint density at radius 1 is 1.23 bits per heavy atom. The molecule has 0 spiro atoms. The van der Waals surface area contributed by atoms with Crippen LogP contribution in [-0.2, 0) is 16.0 Å². The summed E-state index contributed by atoms with van der Waals surface area (Å²) in [5, 5.41) is 1.52. The Morgan fingerprint density at radius 2 is 1.95 bits per heavy atom. The van der Waals surface area contributed by atoms with Gasteiger partial charge in [0, 0.05) is 23.8 Å². The van der Waals surface area contributed by atoms with E-state index in [1.54, 1.807) is 12.4 Å². The molecule has 112 valence electrons. The number of hydrogen-bond donors (Lipinski definition) is 0. The molecule has 1 unspecified atom stereocenters. The van der Waals surface area contributed by atoms with E-state index in [1.165, 1.54) is 11.8 Å². The van der Waals surface area contributed by atoms with Gasteiger partial charge in [0.05, 0.1) is 5.04 Å². The first-order valence-corrected chi connectivity index (χ1v) is 8.15. The second-order valence-electron chi connectivity index (χ2n) is 5.45. The molecule has 1 aliphatic heterocycles. The third-order valence-corrected chi connectivity index (χ3v) is 5.38. The Kier molecular flexibility index (Phi) is 4.06. The van der Waals surface area contributed by atoms with Crippen molar-refractivity contribution in [1.29, 1.82) is 0 Å². The fourth-order valence-corrected chi connectivity index (χ4v) is 3.92. The maximum Gasteiger partial charge on any atom is 0.267 e. The minimum Gasteiger partial charge on any atom is -0.271 e. The maximum absolute atomic E-state index is 12.4. The summed E-state index contributed by atoms with van der Waals surface area (Å²) in [7, 11) is 0. The lowest BCUT2D eigenvalue weighted by molar-refractivity contribution is -0.119. The van der Waals surface area contributed by atoms with Crippen LogP contribution < -0.4 is 0 Å². The Morgan fingerprint density at radius 3 is 2.64 bits per heavy atom. The molecule has 1 aliphatic rings. The number of carbonyl (C=O) groups excluding carboxylic acids is 1. The van der Waals surface area contributed by atoms with E-state index in [4.69, 9.17) is 11.6 Å². The summed E-state index contributed by atoms with van der Waals surface area (Å²) in [6.45, 7) is 3.91. The maximum atomic E-state index is 12.4. The number of hydrogen-bond acceptors (Lipinski definition) is 3. The summed E-state index contributed by atoms with van der Waals surface area (Å²) in [5.74, 6) is -0.123. The first kappa shape index (κ1) is 15.3. The highest BCUT2D eigenvalue weighted by Crippen LogP contribution is 2.43. The van der Waals surface area contributed by atoms with Gasteiger partial charge in [0.1, 0.15) is 4.75 Å². The monoisotopic (exact) mass is 330 g/mol. The Bertz CT molecular complexity index is 761. The molecule has 1 amide bonds. The second-order valence-corrected chi connectivity index (χ2v) is 7.35. The molecule has 3 rings (SSSR count). The lowest BCUT2D eigenvalue weighted by Crippen LogP contribution is -2.24. The number of amides is 1. The number of aryl methyl sites for hydroxylation is 1. The second kappa shape index (κ2) is 5.86. The lowest BCUT2D eigenvalue weighted by Gasteiger charge is -2.20. The van der Waals surface area contributed by atoms with E-state index in [-0.39, 0.29) is 5.91 Å². The molecule has 0 fully saturated rings. The molecule has 5 heteroatoms. The number of pyridine rings is 1. The van der Waals surface area contributed by atoms with Gasteiger partial charge >= 0.3 is 0 Å². The number of carbonyl (C=O) groups is 1. The van der Waals surface area contributed by atoms with E-state index in [9.17, 15) is 4.79 Å². The number of halogens is 1. The quantitative estimate of drug-likeness (QED) is 0.848. The fraction of sp³-hybridized carbons (Fsp3) is 0.235. The van der Waals surface area contributed by atoms with Gasteiger partial charge in [-0.05, 0) is 48.7 Å². The molecule has 0 N–H and O–H groups in total. The third kappa shape index (κ3) is 2.81. The van der Waals surface area contributed by atoms with Crippen molar-refractivity contribution >= 4 is 34.3 Å². The zero-order valence-electron chi connectivity index (χ0n) is 12.3. The molecule has 1 aromatic heterocycles. The summed E-state index contributed by atoms with van der Waals surface area (Å²) in [4.78, 5) is 20.6. The minimum atomic E-state index is -0.671. The number of aliphatic imine (C=N–C) groups is 1. The number of rotatable bonds is 3. The van der Waals surface area contributed by atoms with Crippen LogP contribution >= 0.6 is 23.4 Å². The van der Waals surface area contributed by atoms with Crippen molar-refractivity contribution in [1.82, 2.24) is 4.98 Å². The van der Waals surface area contributed by atoms with Crippen molar-refractivity contribution in [2.75, 3.05) is 0 Å². The molecule has 2 heterocycles. The standard InChI is InChI=1S/C17H15ClN2OS/c1-11-3-4-12(14(18)9-11)10-15-20-16(21)17(2,22-15)13-5-7-19-8-6-13/h3-9H,10H2,1-2H3. The van der Waals surface area contributed by atoms with Gasteiger partial charge in [0.2, 0.25) is 0 Å². The molecule has 22 heavy (non-hydrogen) atoms. The van der Waals surface area contributed by atoms with Gasteiger partial charge in [-0.15, -0.1) is 0 Å². The van der Waals surface area contributed by atoms with Gasteiger partial charge in [0.15, 0.2) is 0 Å². The Hall–Kier alpha value is -1.65. The van der Waals surface area contributed by atoms with Crippen molar-refractivity contribution < 1.29 is 4.79 Å². The normalized spacial score (nSPS) is 21.0. The average molecular weight is 331 g/mol. The predicted molar refractivity (Wildman–Crippen MR) is 91.5 cm³/mol. The summed E-state index contributed by atoms with van der Waals surface area (Å²) in [6.07, 6.45) is 3.97. The Labute approximate surface area is 138 Å². The molecule has 0 radical (unpaired) electrons. The zero-order chi connectivity index (χ0) is 15.7. The summed E-state index contributed by atoms with van der Waals surface area (Å²) in [6, 6.07) is 9.67. The van der Waals surface area contributed by atoms with Crippen LogP contribution in [0.3, 0.4) is 0 Å². The Balaban J connectivity index is 1.84. The van der Waals surface area contributed by atoms with Crippen LogP contribution in [0, 0.1) is 6.92 Å². The van der Waals surface area contributed by atoms with Gasteiger partial charge in [-0.25, -0.2) is 4.99 Å². The molecule has 2 aromatic rings. The molecule has 0 bridgehead atoms. The van der Waals surface area contributed by atoms with Crippen LogP contribution in [0.5, 0.6) is 0 Å². The van der Waals surface area contributed by atoms with Crippen molar-refractivity contribution in [3.63, 3.8) is 0 Å². The molecule has 3 nitrogen and oxygen atoms in total. The van der Waals surface area contributed by atoms with Crippen molar-refractivity contribution in [2.24, 2.45) is 4.99 Å². The van der Waals surface area contributed by atoms with Crippen molar-refractivity contribution in [2.45, 2.75) is 25.0 Å². The van der Waals surface area contributed by atoms with E-state index in [1.807, 2.05) is 44.2 Å². The first-order chi connectivity index (χ1) is 10.5. The summed E-state index contributed by atoms with van der Waals surface area (Å²) in [5.41, 5.74) is 3.03. The van der Waals surface area contributed by atoms with E-state index in [2.05, 4.69) is 9.98 Å². The van der Waals surface area contributed by atoms with E-state index < -0.39 is 4.75 Å². The largest absolute Gasteiger partial charge is 0.271 e. The molecule has 1 aromatic carbocycles. The highest BCUT2D eigenvalue weighted by molar-refractivity contribution is 8.15. The molecule has 0 aliphatic carbocycles. The third-order valence-electron chi connectivity index (χ3n) is 3.74. The fourth-order valence-electron chi connectivity index (χ4n) is 2.41. The molecule has 0 saturated heterocycles. The minimum absolute atomic E-state index is 0.123. The van der Waals surface area contributed by atoms with Crippen LogP contribution in [0.15, 0.2) is 47.7 Å². The SMILES string of the molecule is Cc1ccc(CC2=NC(=O)C(C)(c3ccncc3)S2)c(Cl)c1. The molecule has 1 atom stereocenters. The first-order valence-electron chi connectivity index (χ1n) is 6.95. The van der Waals surface area contributed by atoms with Gasteiger partial charge in [-0.3, -0.25) is 9.78 Å². The molecule has 0 saturated carbocycles. The zero-order valence-corrected chi connectivity index (χ0v) is 13.9. The van der Waals surface area contributed by atoms with E-state index in [0.29, 0.717) is 11.4 Å².